The van der Waals surface area contributed by atoms with Crippen LogP contribution in [0.3, 0.4) is 0 Å². The molecule has 1 fully saturated rings. The van der Waals surface area contributed by atoms with Crippen molar-refractivity contribution in [2.45, 2.75) is 34.0 Å². The molecule has 1 aliphatic heterocycles. The molecule has 1 aliphatic rings. The number of hydrogen-bond donors (Lipinski definition) is 1. The number of oxazole rings is 1. The fraction of sp³-hybridized carbons (Fsp3) is 0.360. The molecule has 1 atom stereocenters. The maximum Gasteiger partial charge on any atom is 0.251 e. The van der Waals surface area contributed by atoms with Gasteiger partial charge in [-0.25, -0.2) is 4.98 Å². The number of amides is 1. The van der Waals surface area contributed by atoms with E-state index in [1.54, 1.807) is 12.3 Å². The summed E-state index contributed by atoms with van der Waals surface area (Å²) in [6, 6.07) is 11.6. The predicted molar refractivity (Wildman–Crippen MR) is 135 cm³/mol. The minimum atomic E-state index is -0.202. The van der Waals surface area contributed by atoms with E-state index in [1.807, 2.05) is 52.0 Å². The summed E-state index contributed by atoms with van der Waals surface area (Å²) in [5.41, 5.74) is 3.90. The van der Waals surface area contributed by atoms with E-state index in [9.17, 15) is 4.79 Å². The van der Waals surface area contributed by atoms with Gasteiger partial charge in [0.05, 0.1) is 19.4 Å². The number of nitrogens with one attached hydrogen (secondary N) is 1. The lowest BCUT2D eigenvalue weighted by Gasteiger charge is -2.18. The van der Waals surface area contributed by atoms with E-state index in [0.29, 0.717) is 31.2 Å². The van der Waals surface area contributed by atoms with Gasteiger partial charge in [0.25, 0.3) is 5.91 Å². The standard InChI is InChI=1S/C14H18BrNO3.C11H10BrNO/c1-9-7-11(3-4-12(9)15)13(17)16-8-10(2)14-18-5-6-19-14;1-7-5-9(3-4-10(7)12)11-13-6-8(2)14-11/h3-4,7,10,14H,5-6,8H2,1-2H3,(H,16,17);3-6H,1-2H3. The third-order valence-electron chi connectivity index (χ3n) is 5.14. The summed E-state index contributed by atoms with van der Waals surface area (Å²) >= 11 is 6.88. The maximum atomic E-state index is 12.0. The number of carbonyl (C=O) groups excluding carboxylic acids is 1. The molecule has 2 heterocycles. The Morgan fingerprint density at radius 2 is 1.70 bits per heavy atom. The summed E-state index contributed by atoms with van der Waals surface area (Å²) in [5.74, 6) is 1.59. The van der Waals surface area contributed by atoms with Crippen LogP contribution in [-0.2, 0) is 9.47 Å². The molecule has 3 aromatic rings. The van der Waals surface area contributed by atoms with Gasteiger partial charge in [-0.15, -0.1) is 0 Å². The van der Waals surface area contributed by atoms with Crippen molar-refractivity contribution in [3.8, 4) is 11.5 Å². The Bertz CT molecular complexity index is 1090. The van der Waals surface area contributed by atoms with Gasteiger partial charge in [0.1, 0.15) is 5.76 Å². The third-order valence-corrected chi connectivity index (χ3v) is 6.92. The number of aromatic nitrogens is 1. The summed E-state index contributed by atoms with van der Waals surface area (Å²) in [6.07, 6.45) is 1.53. The van der Waals surface area contributed by atoms with Gasteiger partial charge in [0.15, 0.2) is 6.29 Å². The second kappa shape index (κ2) is 11.9. The van der Waals surface area contributed by atoms with E-state index >= 15 is 0 Å². The summed E-state index contributed by atoms with van der Waals surface area (Å²) in [6.45, 7) is 9.71. The molecule has 8 heteroatoms. The van der Waals surface area contributed by atoms with Crippen LogP contribution in [0.1, 0.15) is 34.2 Å². The minimum absolute atomic E-state index is 0.0690. The number of rotatable bonds is 5. The number of aryl methyl sites for hydroxylation is 3. The van der Waals surface area contributed by atoms with Crippen LogP contribution >= 0.6 is 31.9 Å². The molecule has 1 aromatic heterocycles. The van der Waals surface area contributed by atoms with E-state index in [-0.39, 0.29) is 18.1 Å². The molecule has 1 N–H and O–H groups in total. The van der Waals surface area contributed by atoms with Crippen molar-refractivity contribution in [2.24, 2.45) is 5.92 Å². The van der Waals surface area contributed by atoms with E-state index < -0.39 is 0 Å². The molecule has 0 bridgehead atoms. The minimum Gasteiger partial charge on any atom is -0.441 e. The van der Waals surface area contributed by atoms with Crippen LogP contribution in [0.15, 0.2) is 56.0 Å². The molecule has 1 unspecified atom stereocenters. The molecular formula is C25H28Br2N2O4. The zero-order valence-corrected chi connectivity index (χ0v) is 22.3. The zero-order valence-electron chi connectivity index (χ0n) is 19.2. The monoisotopic (exact) mass is 578 g/mol. The van der Waals surface area contributed by atoms with Gasteiger partial charge in [-0.2, -0.15) is 0 Å². The van der Waals surface area contributed by atoms with Crippen LogP contribution in [0, 0.1) is 26.7 Å². The molecule has 0 saturated carbocycles. The Morgan fingerprint density at radius 1 is 1.06 bits per heavy atom. The Labute approximate surface area is 211 Å². The largest absolute Gasteiger partial charge is 0.441 e. The summed E-state index contributed by atoms with van der Waals surface area (Å²) in [7, 11) is 0. The number of ether oxygens (including phenoxy) is 2. The highest BCUT2D eigenvalue weighted by Gasteiger charge is 2.23. The number of benzene rings is 2. The van der Waals surface area contributed by atoms with Gasteiger partial charge >= 0.3 is 0 Å². The van der Waals surface area contributed by atoms with Gasteiger partial charge in [-0.1, -0.05) is 38.8 Å². The van der Waals surface area contributed by atoms with Crippen molar-refractivity contribution in [3.05, 3.63) is 74.0 Å². The first-order valence-electron chi connectivity index (χ1n) is 10.7. The fourth-order valence-corrected chi connectivity index (χ4v) is 3.70. The van der Waals surface area contributed by atoms with E-state index in [0.717, 1.165) is 25.8 Å². The molecular weight excluding hydrogens is 552 g/mol. The van der Waals surface area contributed by atoms with Crippen LogP contribution in [0.2, 0.25) is 0 Å². The molecule has 6 nitrogen and oxygen atoms in total. The lowest BCUT2D eigenvalue weighted by Crippen LogP contribution is -2.34. The van der Waals surface area contributed by atoms with E-state index in [1.165, 1.54) is 5.56 Å². The molecule has 0 aliphatic carbocycles. The molecule has 176 valence electrons. The van der Waals surface area contributed by atoms with Crippen molar-refractivity contribution >= 4 is 37.8 Å². The zero-order chi connectivity index (χ0) is 24.0. The topological polar surface area (TPSA) is 73.6 Å². The number of nitrogens with zero attached hydrogens (tertiary/aromatic N) is 1. The number of halogens is 2. The van der Waals surface area contributed by atoms with Crippen molar-refractivity contribution in [1.29, 1.82) is 0 Å². The molecule has 0 spiro atoms. The first kappa shape index (κ1) is 25.6. The number of carbonyl (C=O) groups is 1. The molecule has 4 rings (SSSR count). The van der Waals surface area contributed by atoms with Gasteiger partial charge < -0.3 is 19.2 Å². The normalized spacial score (nSPS) is 14.5. The molecule has 2 aromatic carbocycles. The van der Waals surface area contributed by atoms with Crippen molar-refractivity contribution in [2.75, 3.05) is 19.8 Å². The van der Waals surface area contributed by atoms with E-state index in [4.69, 9.17) is 13.9 Å². The predicted octanol–water partition coefficient (Wildman–Crippen LogP) is 6.22. The fourth-order valence-electron chi connectivity index (χ4n) is 3.21. The van der Waals surface area contributed by atoms with E-state index in [2.05, 4.69) is 48.2 Å². The average molecular weight is 580 g/mol. The third kappa shape index (κ3) is 7.24. The maximum absolute atomic E-state index is 12.0. The van der Waals surface area contributed by atoms with Crippen LogP contribution in [0.5, 0.6) is 0 Å². The van der Waals surface area contributed by atoms with Gasteiger partial charge in [-0.3, -0.25) is 4.79 Å². The van der Waals surface area contributed by atoms with Gasteiger partial charge in [0.2, 0.25) is 5.89 Å². The first-order chi connectivity index (χ1) is 15.7. The number of hydrogen-bond acceptors (Lipinski definition) is 5. The lowest BCUT2D eigenvalue weighted by atomic mass is 10.1. The Kier molecular flexibility index (Phi) is 9.26. The first-order valence-corrected chi connectivity index (χ1v) is 12.3. The average Bonchev–Trinajstić information content (AvgIpc) is 3.48. The molecule has 1 amide bonds. The Morgan fingerprint density at radius 3 is 2.27 bits per heavy atom. The van der Waals surface area contributed by atoms with Crippen LogP contribution in [0.4, 0.5) is 0 Å². The Hall–Kier alpha value is -2.00. The molecule has 1 saturated heterocycles. The smallest absolute Gasteiger partial charge is 0.251 e. The highest BCUT2D eigenvalue weighted by atomic mass is 79.9. The van der Waals surface area contributed by atoms with Gasteiger partial charge in [0, 0.05) is 32.5 Å². The SMILES string of the molecule is Cc1cc(C(=O)NCC(C)C2OCCO2)ccc1Br.Cc1cnc(-c2ccc(Br)c(C)c2)o1. The second-order valence-electron chi connectivity index (χ2n) is 8.00. The summed E-state index contributed by atoms with van der Waals surface area (Å²) in [5, 5.41) is 2.91. The van der Waals surface area contributed by atoms with Gasteiger partial charge in [-0.05, 0) is 68.3 Å². The Balaban J connectivity index is 0.000000194. The van der Waals surface area contributed by atoms with Crippen molar-refractivity contribution in [3.63, 3.8) is 0 Å². The molecule has 33 heavy (non-hydrogen) atoms. The van der Waals surface area contributed by atoms with Crippen molar-refractivity contribution < 1.29 is 18.7 Å². The van der Waals surface area contributed by atoms with Crippen LogP contribution in [0.25, 0.3) is 11.5 Å². The van der Waals surface area contributed by atoms with Crippen LogP contribution in [-0.4, -0.2) is 36.9 Å². The van der Waals surface area contributed by atoms with Crippen LogP contribution < -0.4 is 5.32 Å². The quantitative estimate of drug-likeness (QED) is 0.388. The molecule has 0 radical (unpaired) electrons. The second-order valence-corrected chi connectivity index (χ2v) is 9.71. The summed E-state index contributed by atoms with van der Waals surface area (Å²) < 4.78 is 18.4. The summed E-state index contributed by atoms with van der Waals surface area (Å²) in [4.78, 5) is 16.2. The highest BCUT2D eigenvalue weighted by molar-refractivity contribution is 9.10. The van der Waals surface area contributed by atoms with Crippen molar-refractivity contribution in [1.82, 2.24) is 10.3 Å². The highest BCUT2D eigenvalue weighted by Crippen LogP contribution is 2.24. The lowest BCUT2D eigenvalue weighted by molar-refractivity contribution is -0.0769.